The number of para-hydroxylation sites is 1. The van der Waals surface area contributed by atoms with Crippen LogP contribution in [0.25, 0.3) is 12.2 Å². The van der Waals surface area contributed by atoms with E-state index >= 15 is 0 Å². The Morgan fingerprint density at radius 3 is 2.24 bits per heavy atom. The van der Waals surface area contributed by atoms with Crippen molar-refractivity contribution in [2.24, 2.45) is 0 Å². The topological polar surface area (TPSA) is 66.8 Å². The second kappa shape index (κ2) is 7.36. The predicted octanol–water partition coefficient (Wildman–Crippen LogP) is 4.49. The Morgan fingerprint density at radius 2 is 1.52 bits per heavy atom. The molecule has 124 valence electrons. The fourth-order valence-corrected chi connectivity index (χ4v) is 2.28. The molecule has 0 saturated heterocycles. The molecule has 0 atom stereocenters. The van der Waals surface area contributed by atoms with Gasteiger partial charge in [0.2, 0.25) is 0 Å². The molecule has 4 heteroatoms. The molecular formula is C21H16O4. The van der Waals surface area contributed by atoms with Crippen LogP contribution in [-0.4, -0.2) is 16.2 Å². The van der Waals surface area contributed by atoms with Crippen LogP contribution in [0.1, 0.15) is 21.5 Å². The van der Waals surface area contributed by atoms with E-state index in [-0.39, 0.29) is 17.1 Å². The van der Waals surface area contributed by atoms with Gasteiger partial charge in [-0.2, -0.15) is 0 Å². The van der Waals surface area contributed by atoms with Gasteiger partial charge in [0.25, 0.3) is 0 Å². The van der Waals surface area contributed by atoms with Crippen LogP contribution in [0.5, 0.6) is 17.2 Å². The van der Waals surface area contributed by atoms with E-state index in [9.17, 15) is 15.0 Å². The summed E-state index contributed by atoms with van der Waals surface area (Å²) >= 11 is 0. The maximum atomic E-state index is 12.0. The number of phenols is 2. The third kappa shape index (κ3) is 4.26. The number of hydrogen-bond acceptors (Lipinski definition) is 4. The van der Waals surface area contributed by atoms with Crippen molar-refractivity contribution in [3.63, 3.8) is 0 Å². The molecule has 3 aromatic carbocycles. The molecule has 25 heavy (non-hydrogen) atoms. The van der Waals surface area contributed by atoms with E-state index in [0.29, 0.717) is 5.75 Å². The van der Waals surface area contributed by atoms with Crippen molar-refractivity contribution in [3.8, 4) is 17.2 Å². The Balaban J connectivity index is 1.68. The Kier molecular flexibility index (Phi) is 4.81. The Morgan fingerprint density at radius 1 is 0.800 bits per heavy atom. The quantitative estimate of drug-likeness (QED) is 0.420. The van der Waals surface area contributed by atoms with Crippen LogP contribution in [0, 0.1) is 0 Å². The molecule has 0 spiro atoms. The lowest BCUT2D eigenvalue weighted by atomic mass is 10.1. The molecule has 0 aliphatic carbocycles. The smallest absolute Gasteiger partial charge is 0.347 e. The maximum Gasteiger partial charge on any atom is 0.347 e. The number of phenolic OH excluding ortho intramolecular Hbond substituents is 2. The van der Waals surface area contributed by atoms with E-state index in [2.05, 4.69) is 0 Å². The number of esters is 1. The van der Waals surface area contributed by atoms with Crippen molar-refractivity contribution >= 4 is 18.1 Å². The van der Waals surface area contributed by atoms with Gasteiger partial charge in [-0.25, -0.2) is 4.79 Å². The average molecular weight is 332 g/mol. The number of rotatable bonds is 4. The standard InChI is InChI=1S/C21H16O4/c22-17-5-3-4-16(14-17)9-8-15-10-12-18(13-11-15)25-21(24)19-6-1-2-7-20(19)23/h1-14,22-23H/b9-8+. The number of benzene rings is 3. The summed E-state index contributed by atoms with van der Waals surface area (Å²) in [6, 6.07) is 20.2. The van der Waals surface area contributed by atoms with E-state index in [1.54, 1.807) is 42.5 Å². The van der Waals surface area contributed by atoms with Crippen LogP contribution in [0.2, 0.25) is 0 Å². The Labute approximate surface area is 145 Å². The molecule has 0 radical (unpaired) electrons. The van der Waals surface area contributed by atoms with Gasteiger partial charge >= 0.3 is 5.97 Å². The van der Waals surface area contributed by atoms with Crippen molar-refractivity contribution in [1.29, 1.82) is 0 Å². The summed E-state index contributed by atoms with van der Waals surface area (Å²) in [6.45, 7) is 0. The average Bonchev–Trinajstić information content (AvgIpc) is 2.61. The summed E-state index contributed by atoms with van der Waals surface area (Å²) in [4.78, 5) is 12.0. The number of carbonyl (C=O) groups is 1. The SMILES string of the molecule is O=C(Oc1ccc(/C=C/c2cccc(O)c2)cc1)c1ccccc1O. The molecule has 0 aliphatic heterocycles. The third-order valence-corrected chi connectivity index (χ3v) is 3.55. The summed E-state index contributed by atoms with van der Waals surface area (Å²) < 4.78 is 5.26. The second-order valence-electron chi connectivity index (χ2n) is 5.40. The van der Waals surface area contributed by atoms with Gasteiger partial charge in [0.05, 0.1) is 0 Å². The molecule has 0 fully saturated rings. The van der Waals surface area contributed by atoms with Crippen LogP contribution in [0.15, 0.2) is 72.8 Å². The van der Waals surface area contributed by atoms with Crippen LogP contribution in [0.3, 0.4) is 0 Å². The molecular weight excluding hydrogens is 316 g/mol. The lowest BCUT2D eigenvalue weighted by molar-refractivity contribution is 0.0731. The summed E-state index contributed by atoms with van der Waals surface area (Å²) in [5.74, 6) is -0.115. The summed E-state index contributed by atoms with van der Waals surface area (Å²) in [5, 5.41) is 19.1. The minimum Gasteiger partial charge on any atom is -0.508 e. The van der Waals surface area contributed by atoms with Crippen molar-refractivity contribution in [1.82, 2.24) is 0 Å². The van der Waals surface area contributed by atoms with Crippen molar-refractivity contribution < 1.29 is 19.7 Å². The summed E-state index contributed by atoms with van der Waals surface area (Å²) in [5.41, 5.74) is 1.93. The highest BCUT2D eigenvalue weighted by atomic mass is 16.5. The van der Waals surface area contributed by atoms with E-state index in [1.807, 2.05) is 30.4 Å². The fourth-order valence-electron chi connectivity index (χ4n) is 2.28. The third-order valence-electron chi connectivity index (χ3n) is 3.55. The molecule has 3 rings (SSSR count). The number of aromatic hydroxyl groups is 2. The zero-order valence-corrected chi connectivity index (χ0v) is 13.3. The lowest BCUT2D eigenvalue weighted by Crippen LogP contribution is -2.08. The molecule has 3 aromatic rings. The van der Waals surface area contributed by atoms with E-state index in [1.165, 1.54) is 12.1 Å². The zero-order valence-electron chi connectivity index (χ0n) is 13.3. The van der Waals surface area contributed by atoms with Gasteiger partial charge in [0.15, 0.2) is 0 Å². The van der Waals surface area contributed by atoms with Gasteiger partial charge < -0.3 is 14.9 Å². The van der Waals surface area contributed by atoms with Gasteiger partial charge in [0, 0.05) is 0 Å². The highest BCUT2D eigenvalue weighted by molar-refractivity contribution is 5.93. The van der Waals surface area contributed by atoms with E-state index in [4.69, 9.17) is 4.74 Å². The number of hydrogen-bond donors (Lipinski definition) is 2. The lowest BCUT2D eigenvalue weighted by Gasteiger charge is -2.06. The molecule has 0 aliphatic rings. The molecule has 0 amide bonds. The Hall–Kier alpha value is -3.53. The van der Waals surface area contributed by atoms with Crippen LogP contribution < -0.4 is 4.74 Å². The molecule has 0 saturated carbocycles. The minimum atomic E-state index is -0.610. The summed E-state index contributed by atoms with van der Waals surface area (Å²) in [6.07, 6.45) is 3.77. The highest BCUT2D eigenvalue weighted by Crippen LogP contribution is 2.20. The maximum absolute atomic E-state index is 12.0. The molecule has 0 unspecified atom stereocenters. The van der Waals surface area contributed by atoms with Crippen molar-refractivity contribution in [2.75, 3.05) is 0 Å². The van der Waals surface area contributed by atoms with E-state index in [0.717, 1.165) is 11.1 Å². The fraction of sp³-hybridized carbons (Fsp3) is 0. The van der Waals surface area contributed by atoms with Crippen molar-refractivity contribution in [3.05, 3.63) is 89.5 Å². The van der Waals surface area contributed by atoms with Crippen molar-refractivity contribution in [2.45, 2.75) is 0 Å². The molecule has 4 nitrogen and oxygen atoms in total. The largest absolute Gasteiger partial charge is 0.508 e. The van der Waals surface area contributed by atoms with Gasteiger partial charge in [-0.15, -0.1) is 0 Å². The summed E-state index contributed by atoms with van der Waals surface area (Å²) in [7, 11) is 0. The Bertz CT molecular complexity index is 911. The second-order valence-corrected chi connectivity index (χ2v) is 5.40. The van der Waals surface area contributed by atoms with E-state index < -0.39 is 5.97 Å². The first-order valence-corrected chi connectivity index (χ1v) is 7.69. The number of carbonyl (C=O) groups excluding carboxylic acids is 1. The first-order valence-electron chi connectivity index (χ1n) is 7.69. The van der Waals surface area contributed by atoms with Gasteiger partial charge in [0.1, 0.15) is 22.8 Å². The first-order chi connectivity index (χ1) is 12.1. The van der Waals surface area contributed by atoms with Gasteiger partial charge in [-0.1, -0.05) is 48.6 Å². The number of ether oxygens (including phenoxy) is 1. The van der Waals surface area contributed by atoms with Crippen LogP contribution in [0.4, 0.5) is 0 Å². The highest BCUT2D eigenvalue weighted by Gasteiger charge is 2.12. The minimum absolute atomic E-state index is 0.113. The predicted molar refractivity (Wildman–Crippen MR) is 96.5 cm³/mol. The molecule has 0 aromatic heterocycles. The monoisotopic (exact) mass is 332 g/mol. The zero-order chi connectivity index (χ0) is 17.6. The molecule has 0 bridgehead atoms. The van der Waals surface area contributed by atoms with Gasteiger partial charge in [-0.3, -0.25) is 0 Å². The first kappa shape index (κ1) is 16.3. The normalized spacial score (nSPS) is 10.7. The van der Waals surface area contributed by atoms with Crippen LogP contribution >= 0.6 is 0 Å². The van der Waals surface area contributed by atoms with Gasteiger partial charge in [-0.05, 0) is 47.5 Å². The molecule has 2 N–H and O–H groups in total. The molecule has 0 heterocycles. The van der Waals surface area contributed by atoms with Crippen LogP contribution in [-0.2, 0) is 0 Å².